The number of benzene rings is 2. The molecule has 0 aromatic heterocycles. The molecule has 0 bridgehead atoms. The lowest BCUT2D eigenvalue weighted by atomic mass is 9.78. The van der Waals surface area contributed by atoms with Crippen LogP contribution in [0.3, 0.4) is 0 Å². The smallest absolute Gasteiger partial charge is 0.368 e. The minimum absolute atomic E-state index is 0.0534. The van der Waals surface area contributed by atoms with Gasteiger partial charge in [-0.2, -0.15) is 26.3 Å². The van der Waals surface area contributed by atoms with Gasteiger partial charge < -0.3 is 10.1 Å². The maximum atomic E-state index is 13.4. The van der Waals surface area contributed by atoms with Crippen LogP contribution < -0.4 is 5.32 Å². The Morgan fingerprint density at radius 2 is 1.30 bits per heavy atom. The zero-order chi connectivity index (χ0) is 23.5. The van der Waals surface area contributed by atoms with E-state index in [1.54, 1.807) is 0 Å². The van der Waals surface area contributed by atoms with Crippen molar-refractivity contribution in [3.63, 3.8) is 0 Å². The van der Waals surface area contributed by atoms with Crippen LogP contribution >= 0.6 is 0 Å². The van der Waals surface area contributed by atoms with Crippen molar-refractivity contribution in [2.75, 3.05) is 13.2 Å². The molecule has 2 aliphatic carbocycles. The second kappa shape index (κ2) is 7.47. The van der Waals surface area contributed by atoms with E-state index in [0.29, 0.717) is 18.3 Å². The van der Waals surface area contributed by atoms with Crippen LogP contribution in [0.4, 0.5) is 26.3 Å². The van der Waals surface area contributed by atoms with Gasteiger partial charge in [0, 0.05) is 6.54 Å². The summed E-state index contributed by atoms with van der Waals surface area (Å²) in [5.74, 6) is 0. The summed E-state index contributed by atoms with van der Waals surface area (Å²) in [5.41, 5.74) is -2.94. The van der Waals surface area contributed by atoms with Crippen molar-refractivity contribution in [1.29, 1.82) is 0 Å². The lowest BCUT2D eigenvalue weighted by molar-refractivity contribution is -0.143. The second-order valence-corrected chi connectivity index (χ2v) is 9.88. The van der Waals surface area contributed by atoms with Crippen molar-refractivity contribution in [3.8, 4) is 0 Å². The van der Waals surface area contributed by atoms with Crippen molar-refractivity contribution in [3.05, 3.63) is 70.8 Å². The predicted octanol–water partition coefficient (Wildman–Crippen LogP) is 6.79. The number of alkyl halides is 6. The van der Waals surface area contributed by atoms with Crippen molar-refractivity contribution in [1.82, 2.24) is 5.32 Å². The first-order chi connectivity index (χ1) is 15.5. The SMILES string of the molecule is FC(F)(F)c1cc(C(F)(F)F)cc(C2(OC[C@@]3(c4ccccc4)CCC4(CC4)CN3)CC2)c1. The first kappa shape index (κ1) is 22.7. The summed E-state index contributed by atoms with van der Waals surface area (Å²) in [6.45, 7) is 1.02. The highest BCUT2D eigenvalue weighted by atomic mass is 19.4. The average Bonchev–Trinajstić information content (AvgIpc) is 3.70. The van der Waals surface area contributed by atoms with Crippen LogP contribution in [0.15, 0.2) is 48.5 Å². The van der Waals surface area contributed by atoms with Crippen LogP contribution in [0.5, 0.6) is 0 Å². The molecule has 3 fully saturated rings. The van der Waals surface area contributed by atoms with Crippen LogP contribution in [-0.2, 0) is 28.2 Å². The zero-order valence-electron chi connectivity index (χ0n) is 18.0. The molecule has 1 heterocycles. The highest BCUT2D eigenvalue weighted by molar-refractivity contribution is 5.39. The standard InChI is InChI=1S/C25H25F6NO/c26-24(27,28)19-12-18(13-20(14-19)25(29,30)31)23(10-11-23)33-16-22(17-4-2-1-3-5-17)9-8-21(6-7-21)15-32-22/h1-5,12-14,32H,6-11,15-16H2/t22-/m1/s1. The van der Waals surface area contributed by atoms with Gasteiger partial charge in [-0.15, -0.1) is 0 Å². The van der Waals surface area contributed by atoms with Gasteiger partial charge in [0.25, 0.3) is 0 Å². The lowest BCUT2D eigenvalue weighted by Gasteiger charge is -2.43. The number of rotatable bonds is 5. The quantitative estimate of drug-likeness (QED) is 0.487. The van der Waals surface area contributed by atoms with Crippen LogP contribution in [-0.4, -0.2) is 13.2 Å². The van der Waals surface area contributed by atoms with Gasteiger partial charge in [0.1, 0.15) is 0 Å². The fourth-order valence-electron chi connectivity index (χ4n) is 4.93. The van der Waals surface area contributed by atoms with Crippen molar-refractivity contribution >= 4 is 0 Å². The van der Waals surface area contributed by atoms with E-state index in [0.717, 1.165) is 37.1 Å². The molecular formula is C25H25F6NO. The van der Waals surface area contributed by atoms with E-state index in [1.165, 1.54) is 12.8 Å². The van der Waals surface area contributed by atoms with Crippen LogP contribution in [0.2, 0.25) is 0 Å². The zero-order valence-corrected chi connectivity index (χ0v) is 18.0. The third-order valence-electron chi connectivity index (χ3n) is 7.58. The van der Waals surface area contributed by atoms with Gasteiger partial charge >= 0.3 is 12.4 Å². The molecule has 2 aromatic carbocycles. The van der Waals surface area contributed by atoms with Gasteiger partial charge in [-0.3, -0.25) is 0 Å². The molecule has 1 spiro atoms. The number of nitrogens with one attached hydrogen (secondary N) is 1. The molecule has 2 saturated carbocycles. The van der Waals surface area contributed by atoms with E-state index in [4.69, 9.17) is 4.74 Å². The Kier molecular flexibility index (Phi) is 5.14. The summed E-state index contributed by atoms with van der Waals surface area (Å²) in [5, 5.41) is 3.64. The van der Waals surface area contributed by atoms with Gasteiger partial charge in [0.15, 0.2) is 0 Å². The topological polar surface area (TPSA) is 21.3 Å². The fraction of sp³-hybridized carbons (Fsp3) is 0.520. The summed E-state index contributed by atoms with van der Waals surface area (Å²) in [7, 11) is 0. The Morgan fingerprint density at radius 3 is 1.76 bits per heavy atom. The van der Waals surface area contributed by atoms with Gasteiger partial charge in [0.05, 0.1) is 28.9 Å². The summed E-state index contributed by atoms with van der Waals surface area (Å²) in [6, 6.07) is 11.5. The molecule has 8 heteroatoms. The highest BCUT2D eigenvalue weighted by Crippen LogP contribution is 2.56. The molecule has 0 unspecified atom stereocenters. The van der Waals surface area contributed by atoms with Gasteiger partial charge in [-0.25, -0.2) is 0 Å². The minimum Gasteiger partial charge on any atom is -0.368 e. The van der Waals surface area contributed by atoms with Gasteiger partial charge in [0.2, 0.25) is 0 Å². The third-order valence-corrected chi connectivity index (χ3v) is 7.58. The van der Waals surface area contributed by atoms with Gasteiger partial charge in [-0.05, 0) is 73.3 Å². The Bertz CT molecular complexity index is 979. The molecule has 2 nitrogen and oxygen atoms in total. The molecule has 1 N–H and O–H groups in total. The first-order valence-electron chi connectivity index (χ1n) is 11.2. The Balaban J connectivity index is 1.44. The average molecular weight is 469 g/mol. The van der Waals surface area contributed by atoms with Crippen LogP contribution in [0.1, 0.15) is 60.8 Å². The Labute approximate surface area is 188 Å². The van der Waals surface area contributed by atoms with Crippen LogP contribution in [0.25, 0.3) is 0 Å². The molecule has 1 aliphatic heterocycles. The largest absolute Gasteiger partial charge is 0.416 e. The summed E-state index contributed by atoms with van der Waals surface area (Å²) in [6.07, 6.45) is -4.78. The molecule has 178 valence electrons. The summed E-state index contributed by atoms with van der Waals surface area (Å²) < 4.78 is 86.4. The minimum atomic E-state index is -4.87. The first-order valence-corrected chi connectivity index (χ1v) is 11.2. The molecular weight excluding hydrogens is 444 g/mol. The molecule has 3 aliphatic rings. The lowest BCUT2D eigenvalue weighted by Crippen LogP contribution is -2.53. The van der Waals surface area contributed by atoms with E-state index in [-0.39, 0.29) is 18.2 Å². The Morgan fingerprint density at radius 1 is 0.727 bits per heavy atom. The van der Waals surface area contributed by atoms with E-state index < -0.39 is 34.6 Å². The van der Waals surface area contributed by atoms with Gasteiger partial charge in [-0.1, -0.05) is 30.3 Å². The van der Waals surface area contributed by atoms with E-state index in [9.17, 15) is 26.3 Å². The molecule has 2 aromatic rings. The second-order valence-electron chi connectivity index (χ2n) is 9.88. The predicted molar refractivity (Wildman–Crippen MR) is 110 cm³/mol. The van der Waals surface area contributed by atoms with Crippen molar-refractivity contribution < 1.29 is 31.1 Å². The molecule has 0 radical (unpaired) electrons. The monoisotopic (exact) mass is 469 g/mol. The normalized spacial score (nSPS) is 25.8. The molecule has 1 atom stereocenters. The number of ether oxygens (including phenoxy) is 1. The van der Waals surface area contributed by atoms with E-state index >= 15 is 0 Å². The number of hydrogen-bond donors (Lipinski definition) is 1. The van der Waals surface area contributed by atoms with Crippen molar-refractivity contribution in [2.24, 2.45) is 5.41 Å². The Hall–Kier alpha value is -2.06. The molecule has 33 heavy (non-hydrogen) atoms. The van der Waals surface area contributed by atoms with E-state index in [1.807, 2.05) is 30.3 Å². The summed E-state index contributed by atoms with van der Waals surface area (Å²) in [4.78, 5) is 0. The maximum absolute atomic E-state index is 13.4. The number of halogens is 6. The molecule has 5 rings (SSSR count). The van der Waals surface area contributed by atoms with Crippen LogP contribution in [0, 0.1) is 5.41 Å². The van der Waals surface area contributed by atoms with Crippen molar-refractivity contribution in [2.45, 2.75) is 62.0 Å². The van der Waals surface area contributed by atoms with E-state index in [2.05, 4.69) is 5.32 Å². The number of piperidine rings is 1. The fourth-order valence-corrected chi connectivity index (χ4v) is 4.93. The highest BCUT2D eigenvalue weighted by Gasteiger charge is 2.53. The molecule has 0 amide bonds. The molecule has 1 saturated heterocycles. The number of hydrogen-bond acceptors (Lipinski definition) is 2. The summed E-state index contributed by atoms with van der Waals surface area (Å²) >= 11 is 0. The maximum Gasteiger partial charge on any atom is 0.416 e. The third kappa shape index (κ3) is 4.39.